The van der Waals surface area contributed by atoms with E-state index < -0.39 is 5.60 Å². The van der Waals surface area contributed by atoms with Crippen LogP contribution < -0.4 is 0 Å². The first-order valence-electron chi connectivity index (χ1n) is 7.16. The average Bonchev–Trinajstić information content (AvgIpc) is 2.73. The van der Waals surface area contributed by atoms with E-state index in [0.717, 1.165) is 19.3 Å². The second-order valence-electron chi connectivity index (χ2n) is 6.38. The van der Waals surface area contributed by atoms with Gasteiger partial charge in [0.25, 0.3) is 0 Å². The molecular formula is C14H25NO4. The van der Waals surface area contributed by atoms with Crippen molar-refractivity contribution in [3.63, 3.8) is 0 Å². The highest BCUT2D eigenvalue weighted by atomic mass is 16.5. The van der Waals surface area contributed by atoms with Crippen molar-refractivity contribution in [3.05, 3.63) is 0 Å². The van der Waals surface area contributed by atoms with Gasteiger partial charge in [-0.2, -0.15) is 0 Å². The Morgan fingerprint density at radius 2 is 2.16 bits per heavy atom. The molecule has 1 saturated carbocycles. The number of nitrogens with zero attached hydrogens (tertiary/aromatic N) is 1. The molecule has 0 aromatic carbocycles. The van der Waals surface area contributed by atoms with E-state index in [4.69, 9.17) is 4.74 Å². The topological polar surface area (TPSA) is 70.0 Å². The van der Waals surface area contributed by atoms with Gasteiger partial charge in [-0.1, -0.05) is 6.42 Å². The zero-order valence-corrected chi connectivity index (χ0v) is 11.8. The van der Waals surface area contributed by atoms with Crippen LogP contribution >= 0.6 is 0 Å². The largest absolute Gasteiger partial charge is 0.393 e. The minimum Gasteiger partial charge on any atom is -0.393 e. The maximum atomic E-state index is 12.3. The van der Waals surface area contributed by atoms with Crippen molar-refractivity contribution in [3.8, 4) is 0 Å². The summed E-state index contributed by atoms with van der Waals surface area (Å²) in [6.45, 7) is 4.88. The van der Waals surface area contributed by atoms with Gasteiger partial charge in [-0.15, -0.1) is 0 Å². The molecule has 2 rings (SSSR count). The van der Waals surface area contributed by atoms with Gasteiger partial charge in [0.05, 0.1) is 37.4 Å². The highest BCUT2D eigenvalue weighted by molar-refractivity contribution is 5.77. The van der Waals surface area contributed by atoms with Gasteiger partial charge in [0, 0.05) is 12.5 Å². The highest BCUT2D eigenvalue weighted by Gasteiger charge is 2.40. The zero-order chi connectivity index (χ0) is 14.0. The molecule has 1 aliphatic heterocycles. The van der Waals surface area contributed by atoms with Crippen molar-refractivity contribution in [1.29, 1.82) is 0 Å². The molecule has 0 spiro atoms. The van der Waals surface area contributed by atoms with Crippen LogP contribution in [-0.4, -0.2) is 58.5 Å². The Bertz CT molecular complexity index is 326. The Labute approximate surface area is 114 Å². The number of hydrogen-bond acceptors (Lipinski definition) is 4. The third-order valence-corrected chi connectivity index (χ3v) is 4.10. The van der Waals surface area contributed by atoms with Crippen LogP contribution in [0.15, 0.2) is 0 Å². The molecule has 2 fully saturated rings. The van der Waals surface area contributed by atoms with Crippen LogP contribution in [0.4, 0.5) is 0 Å². The number of amides is 1. The fraction of sp³-hybridized carbons (Fsp3) is 0.929. The number of hydrogen-bond donors (Lipinski definition) is 2. The minimum absolute atomic E-state index is 0.0406. The van der Waals surface area contributed by atoms with E-state index in [0.29, 0.717) is 19.8 Å². The summed E-state index contributed by atoms with van der Waals surface area (Å²) < 4.78 is 5.49. The van der Waals surface area contributed by atoms with Crippen LogP contribution in [0, 0.1) is 5.92 Å². The summed E-state index contributed by atoms with van der Waals surface area (Å²) in [7, 11) is 0. The lowest BCUT2D eigenvalue weighted by atomic mass is 9.93. The first-order valence-corrected chi connectivity index (χ1v) is 7.16. The molecule has 3 atom stereocenters. The molecule has 0 bridgehead atoms. The first-order chi connectivity index (χ1) is 8.88. The van der Waals surface area contributed by atoms with E-state index in [2.05, 4.69) is 0 Å². The lowest BCUT2D eigenvalue weighted by Crippen LogP contribution is -2.54. The van der Waals surface area contributed by atoms with Gasteiger partial charge in [-0.3, -0.25) is 4.79 Å². The van der Waals surface area contributed by atoms with Gasteiger partial charge in [0.2, 0.25) is 5.91 Å². The van der Waals surface area contributed by atoms with Gasteiger partial charge in [-0.25, -0.2) is 0 Å². The number of carbonyl (C=O) groups excluding carboxylic acids is 1. The predicted molar refractivity (Wildman–Crippen MR) is 70.6 cm³/mol. The van der Waals surface area contributed by atoms with Crippen molar-refractivity contribution in [2.75, 3.05) is 19.8 Å². The fourth-order valence-corrected chi connectivity index (χ4v) is 3.18. The normalized spacial score (nSPS) is 32.6. The molecule has 2 N–H and O–H groups in total. The maximum absolute atomic E-state index is 12.3. The Hall–Kier alpha value is -0.650. The lowest BCUT2D eigenvalue weighted by Gasteiger charge is -2.41. The molecule has 0 radical (unpaired) electrons. The molecule has 0 aromatic heterocycles. The molecule has 2 aliphatic rings. The smallest absolute Gasteiger partial charge is 0.225 e. The summed E-state index contributed by atoms with van der Waals surface area (Å²) in [5.74, 6) is 0.0750. The highest BCUT2D eigenvalue weighted by Crippen LogP contribution is 2.32. The van der Waals surface area contributed by atoms with E-state index in [1.54, 1.807) is 18.7 Å². The number of rotatable bonds is 3. The van der Waals surface area contributed by atoms with E-state index in [-0.39, 0.29) is 30.4 Å². The first kappa shape index (κ1) is 14.8. The SMILES string of the molecule is CC(C)(O)CC(=O)N1CCOC[C@@H]1[C@@H]1CCC[C@H]1O. The van der Waals surface area contributed by atoms with Gasteiger partial charge in [0.1, 0.15) is 0 Å². The number of carbonyl (C=O) groups is 1. The monoisotopic (exact) mass is 271 g/mol. The number of aliphatic hydroxyl groups is 2. The Morgan fingerprint density at radius 3 is 2.74 bits per heavy atom. The molecule has 0 aromatic rings. The zero-order valence-electron chi connectivity index (χ0n) is 11.8. The van der Waals surface area contributed by atoms with Crippen molar-refractivity contribution >= 4 is 5.91 Å². The molecule has 5 heteroatoms. The molecule has 0 unspecified atom stereocenters. The van der Waals surface area contributed by atoms with E-state index >= 15 is 0 Å². The van der Waals surface area contributed by atoms with Crippen molar-refractivity contribution in [2.24, 2.45) is 5.92 Å². The second kappa shape index (κ2) is 5.77. The number of aliphatic hydroxyl groups excluding tert-OH is 1. The minimum atomic E-state index is -0.992. The van der Waals surface area contributed by atoms with E-state index in [1.165, 1.54) is 0 Å². The standard InChI is InChI=1S/C14H25NO4/c1-14(2,18)8-13(17)15-6-7-19-9-11(15)10-4-3-5-12(10)16/h10-12,16,18H,3-9H2,1-2H3/t10-,11+,12+/m0/s1. The van der Waals surface area contributed by atoms with Crippen LogP contribution in [0.1, 0.15) is 39.5 Å². The van der Waals surface area contributed by atoms with Crippen molar-refractivity contribution in [1.82, 2.24) is 4.90 Å². The molecule has 5 nitrogen and oxygen atoms in total. The third kappa shape index (κ3) is 3.68. The molecule has 110 valence electrons. The Balaban J connectivity index is 2.05. The summed E-state index contributed by atoms with van der Waals surface area (Å²) in [5.41, 5.74) is -0.992. The predicted octanol–water partition coefficient (Wildman–Crippen LogP) is 0.536. The summed E-state index contributed by atoms with van der Waals surface area (Å²) in [6, 6.07) is -0.0406. The van der Waals surface area contributed by atoms with Crippen LogP contribution in [0.5, 0.6) is 0 Å². The summed E-state index contributed by atoms with van der Waals surface area (Å²) in [4.78, 5) is 14.1. The molecular weight excluding hydrogens is 246 g/mol. The van der Waals surface area contributed by atoms with Crippen LogP contribution in [0.25, 0.3) is 0 Å². The second-order valence-corrected chi connectivity index (χ2v) is 6.38. The fourth-order valence-electron chi connectivity index (χ4n) is 3.18. The van der Waals surface area contributed by atoms with Gasteiger partial charge >= 0.3 is 0 Å². The molecule has 1 saturated heterocycles. The van der Waals surface area contributed by atoms with Crippen molar-refractivity contribution < 1.29 is 19.7 Å². The van der Waals surface area contributed by atoms with Gasteiger partial charge in [-0.05, 0) is 26.7 Å². The van der Waals surface area contributed by atoms with Crippen LogP contribution in [0.3, 0.4) is 0 Å². The maximum Gasteiger partial charge on any atom is 0.225 e. The van der Waals surface area contributed by atoms with Gasteiger partial charge in [0.15, 0.2) is 0 Å². The summed E-state index contributed by atoms with van der Waals surface area (Å²) in [6.07, 6.45) is 2.56. The van der Waals surface area contributed by atoms with Crippen molar-refractivity contribution in [2.45, 2.75) is 57.3 Å². The average molecular weight is 271 g/mol. The van der Waals surface area contributed by atoms with E-state index in [1.807, 2.05) is 0 Å². The van der Waals surface area contributed by atoms with Crippen LogP contribution in [0.2, 0.25) is 0 Å². The summed E-state index contributed by atoms with van der Waals surface area (Å²) >= 11 is 0. The van der Waals surface area contributed by atoms with Crippen LogP contribution in [-0.2, 0) is 9.53 Å². The van der Waals surface area contributed by atoms with Gasteiger partial charge < -0.3 is 19.8 Å². The van der Waals surface area contributed by atoms with E-state index in [9.17, 15) is 15.0 Å². The molecule has 19 heavy (non-hydrogen) atoms. The quantitative estimate of drug-likeness (QED) is 0.786. The molecule has 1 amide bonds. The number of ether oxygens (including phenoxy) is 1. The summed E-state index contributed by atoms with van der Waals surface area (Å²) in [5, 5.41) is 19.8. The Morgan fingerprint density at radius 1 is 1.42 bits per heavy atom. The lowest BCUT2D eigenvalue weighted by molar-refractivity contribution is -0.147. The third-order valence-electron chi connectivity index (χ3n) is 4.10. The number of morpholine rings is 1. The molecule has 1 heterocycles. The Kier molecular flexibility index (Phi) is 4.48. The molecule has 1 aliphatic carbocycles.